The molecule has 2 rings (SSSR count). The van der Waals surface area contributed by atoms with Gasteiger partial charge in [-0.05, 0) is 24.6 Å². The first-order valence-electron chi connectivity index (χ1n) is 6.42. The molecule has 0 fully saturated rings. The van der Waals surface area contributed by atoms with E-state index in [2.05, 4.69) is 10.2 Å². The molecule has 0 bridgehead atoms. The van der Waals surface area contributed by atoms with Crippen molar-refractivity contribution in [2.75, 3.05) is 6.61 Å². The smallest absolute Gasteiger partial charge is 0.323 e. The highest BCUT2D eigenvalue weighted by Gasteiger charge is 2.19. The molecule has 0 radical (unpaired) electrons. The standard InChI is InChI=1S/C14H15F2N3O2/c1-2-21-14(20)12(17)5-9-7-18-19-13(9)8-3-10(15)6-11(16)4-8/h3-4,6-7,12H,2,5,17H2,1H3,(H,18,19). The zero-order chi connectivity index (χ0) is 15.4. The van der Waals surface area contributed by atoms with Gasteiger partial charge in [0, 0.05) is 18.1 Å². The largest absolute Gasteiger partial charge is 0.465 e. The highest BCUT2D eigenvalue weighted by Crippen LogP contribution is 2.24. The third-order valence-electron chi connectivity index (χ3n) is 2.90. The molecule has 7 heteroatoms. The second-order valence-electron chi connectivity index (χ2n) is 4.49. The van der Waals surface area contributed by atoms with Crippen molar-refractivity contribution in [3.63, 3.8) is 0 Å². The van der Waals surface area contributed by atoms with Crippen LogP contribution < -0.4 is 5.73 Å². The number of rotatable bonds is 5. The van der Waals surface area contributed by atoms with Crippen LogP contribution in [-0.4, -0.2) is 28.8 Å². The second kappa shape index (κ2) is 6.45. The van der Waals surface area contributed by atoms with Gasteiger partial charge in [0.25, 0.3) is 0 Å². The van der Waals surface area contributed by atoms with E-state index >= 15 is 0 Å². The van der Waals surface area contributed by atoms with E-state index in [0.29, 0.717) is 16.8 Å². The first-order valence-corrected chi connectivity index (χ1v) is 6.42. The van der Waals surface area contributed by atoms with Crippen LogP contribution in [0.25, 0.3) is 11.3 Å². The third-order valence-corrected chi connectivity index (χ3v) is 2.90. The zero-order valence-electron chi connectivity index (χ0n) is 11.4. The van der Waals surface area contributed by atoms with E-state index in [4.69, 9.17) is 10.5 Å². The summed E-state index contributed by atoms with van der Waals surface area (Å²) in [4.78, 5) is 11.5. The van der Waals surface area contributed by atoms with E-state index in [1.165, 1.54) is 18.3 Å². The molecule has 5 nitrogen and oxygen atoms in total. The van der Waals surface area contributed by atoms with Gasteiger partial charge in [-0.25, -0.2) is 8.78 Å². The van der Waals surface area contributed by atoms with Crippen molar-refractivity contribution in [1.29, 1.82) is 0 Å². The average molecular weight is 295 g/mol. The summed E-state index contributed by atoms with van der Waals surface area (Å²) < 4.78 is 31.4. The molecule has 1 atom stereocenters. The molecule has 0 aliphatic carbocycles. The molecule has 1 heterocycles. The minimum atomic E-state index is -0.861. The predicted molar refractivity (Wildman–Crippen MR) is 72.3 cm³/mol. The van der Waals surface area contributed by atoms with Crippen LogP contribution >= 0.6 is 0 Å². The first-order chi connectivity index (χ1) is 10.0. The summed E-state index contributed by atoms with van der Waals surface area (Å²) in [6, 6.07) is 2.27. The quantitative estimate of drug-likeness (QED) is 0.824. The summed E-state index contributed by atoms with van der Waals surface area (Å²) in [6.07, 6.45) is 1.63. The Balaban J connectivity index is 2.24. The van der Waals surface area contributed by atoms with Gasteiger partial charge in [-0.15, -0.1) is 0 Å². The number of hydrogen-bond acceptors (Lipinski definition) is 4. The van der Waals surface area contributed by atoms with Crippen molar-refractivity contribution in [2.45, 2.75) is 19.4 Å². The Hall–Kier alpha value is -2.28. The van der Waals surface area contributed by atoms with Gasteiger partial charge in [-0.3, -0.25) is 9.89 Å². The topological polar surface area (TPSA) is 81.0 Å². The molecule has 0 saturated carbocycles. The Labute approximate surface area is 120 Å². The fourth-order valence-electron chi connectivity index (χ4n) is 1.98. The van der Waals surface area contributed by atoms with E-state index in [-0.39, 0.29) is 13.0 Å². The molecule has 0 aliphatic heterocycles. The normalized spacial score (nSPS) is 12.2. The second-order valence-corrected chi connectivity index (χ2v) is 4.49. The minimum Gasteiger partial charge on any atom is -0.465 e. The van der Waals surface area contributed by atoms with Crippen molar-refractivity contribution in [3.8, 4) is 11.3 Å². The maximum absolute atomic E-state index is 13.3. The molecule has 0 aliphatic rings. The van der Waals surface area contributed by atoms with E-state index in [1.807, 2.05) is 0 Å². The number of esters is 1. The van der Waals surface area contributed by atoms with Crippen LogP contribution in [0.15, 0.2) is 24.4 Å². The molecular weight excluding hydrogens is 280 g/mol. The molecule has 0 amide bonds. The number of nitrogens with one attached hydrogen (secondary N) is 1. The first kappa shape index (κ1) is 15.1. The number of carbonyl (C=O) groups excluding carboxylic acids is 1. The number of hydrogen-bond donors (Lipinski definition) is 2. The van der Waals surface area contributed by atoms with Gasteiger partial charge >= 0.3 is 5.97 Å². The maximum atomic E-state index is 13.3. The molecular formula is C14H15F2N3O2. The Morgan fingerprint density at radius 2 is 2.05 bits per heavy atom. The van der Waals surface area contributed by atoms with E-state index in [9.17, 15) is 13.6 Å². The van der Waals surface area contributed by atoms with E-state index in [1.54, 1.807) is 6.92 Å². The summed E-state index contributed by atoms with van der Waals surface area (Å²) >= 11 is 0. The van der Waals surface area contributed by atoms with Crippen LogP contribution in [0.1, 0.15) is 12.5 Å². The summed E-state index contributed by atoms with van der Waals surface area (Å²) in [5.74, 6) is -1.92. The fraction of sp³-hybridized carbons (Fsp3) is 0.286. The number of nitrogens with two attached hydrogens (primary N) is 1. The number of H-pyrrole nitrogens is 1. The van der Waals surface area contributed by atoms with Crippen molar-refractivity contribution < 1.29 is 18.3 Å². The molecule has 21 heavy (non-hydrogen) atoms. The van der Waals surface area contributed by atoms with E-state index in [0.717, 1.165) is 6.07 Å². The Bertz CT molecular complexity index is 623. The summed E-state index contributed by atoms with van der Waals surface area (Å²) in [5, 5.41) is 6.50. The highest BCUT2D eigenvalue weighted by molar-refractivity contribution is 5.76. The number of aromatic amines is 1. The van der Waals surface area contributed by atoms with Crippen molar-refractivity contribution >= 4 is 5.97 Å². The van der Waals surface area contributed by atoms with Gasteiger partial charge in [0.05, 0.1) is 18.5 Å². The minimum absolute atomic E-state index is 0.156. The molecule has 0 saturated heterocycles. The fourth-order valence-corrected chi connectivity index (χ4v) is 1.98. The Morgan fingerprint density at radius 3 is 2.67 bits per heavy atom. The van der Waals surface area contributed by atoms with Crippen LogP contribution in [0.5, 0.6) is 0 Å². The van der Waals surface area contributed by atoms with Crippen LogP contribution in [-0.2, 0) is 16.0 Å². The van der Waals surface area contributed by atoms with Crippen molar-refractivity contribution in [2.24, 2.45) is 5.73 Å². The monoisotopic (exact) mass is 295 g/mol. The molecule has 1 aromatic heterocycles. The predicted octanol–water partition coefficient (Wildman–Crippen LogP) is 1.79. The van der Waals surface area contributed by atoms with Gasteiger partial charge in [0.15, 0.2) is 0 Å². The zero-order valence-corrected chi connectivity index (χ0v) is 11.4. The van der Waals surface area contributed by atoms with Crippen LogP contribution in [0.4, 0.5) is 8.78 Å². The van der Waals surface area contributed by atoms with Gasteiger partial charge in [0.1, 0.15) is 17.7 Å². The third kappa shape index (κ3) is 3.63. The summed E-state index contributed by atoms with van der Waals surface area (Å²) in [7, 11) is 0. The van der Waals surface area contributed by atoms with Gasteiger partial charge < -0.3 is 10.5 Å². The van der Waals surface area contributed by atoms with Crippen molar-refractivity contribution in [1.82, 2.24) is 10.2 Å². The molecule has 0 spiro atoms. The van der Waals surface area contributed by atoms with Crippen molar-refractivity contribution in [3.05, 3.63) is 41.6 Å². The lowest BCUT2D eigenvalue weighted by Gasteiger charge is -2.10. The van der Waals surface area contributed by atoms with Crippen LogP contribution in [0.3, 0.4) is 0 Å². The number of nitrogens with zero attached hydrogens (tertiary/aromatic N) is 1. The van der Waals surface area contributed by atoms with Gasteiger partial charge in [0.2, 0.25) is 0 Å². The Kier molecular flexibility index (Phi) is 4.64. The summed E-state index contributed by atoms with van der Waals surface area (Å²) in [6.45, 7) is 1.92. The number of carbonyl (C=O) groups is 1. The molecule has 2 aromatic rings. The highest BCUT2D eigenvalue weighted by atomic mass is 19.1. The maximum Gasteiger partial charge on any atom is 0.323 e. The molecule has 112 valence electrons. The van der Waals surface area contributed by atoms with Gasteiger partial charge in [-0.1, -0.05) is 0 Å². The number of ether oxygens (including phenoxy) is 1. The number of aromatic nitrogens is 2. The SMILES string of the molecule is CCOC(=O)C(N)Cc1cn[nH]c1-c1cc(F)cc(F)c1. The summed E-state index contributed by atoms with van der Waals surface area (Å²) in [5.41, 5.74) is 7.05. The Morgan fingerprint density at radius 1 is 1.38 bits per heavy atom. The lowest BCUT2D eigenvalue weighted by Crippen LogP contribution is -2.34. The molecule has 1 unspecified atom stereocenters. The van der Waals surface area contributed by atoms with Crippen LogP contribution in [0.2, 0.25) is 0 Å². The van der Waals surface area contributed by atoms with Crippen LogP contribution in [0, 0.1) is 11.6 Å². The number of halogens is 2. The van der Waals surface area contributed by atoms with Gasteiger partial charge in [-0.2, -0.15) is 5.10 Å². The average Bonchev–Trinajstić information content (AvgIpc) is 2.86. The molecule has 3 N–H and O–H groups in total. The lowest BCUT2D eigenvalue weighted by atomic mass is 10.0. The number of benzene rings is 1. The van der Waals surface area contributed by atoms with E-state index < -0.39 is 23.6 Å². The molecule has 1 aromatic carbocycles. The lowest BCUT2D eigenvalue weighted by molar-refractivity contribution is -0.144.